The van der Waals surface area contributed by atoms with Gasteiger partial charge in [0.15, 0.2) is 0 Å². The Labute approximate surface area is 167 Å². The minimum Gasteiger partial charge on any atom is -0.322 e. The second-order valence-electron chi connectivity index (χ2n) is 6.17. The maximum Gasteiger partial charge on any atom is 0.259 e. The summed E-state index contributed by atoms with van der Waals surface area (Å²) in [5.74, 6) is -1.79. The van der Waals surface area contributed by atoms with Gasteiger partial charge < -0.3 is 5.32 Å². The maximum absolute atomic E-state index is 14.2. The molecule has 0 bridgehead atoms. The average Bonchev–Trinajstić information content (AvgIpc) is 2.99. The number of benzene rings is 2. The van der Waals surface area contributed by atoms with Crippen LogP contribution in [0.3, 0.4) is 0 Å². The molecule has 146 valence electrons. The van der Waals surface area contributed by atoms with Crippen molar-refractivity contribution in [2.24, 2.45) is 7.05 Å². The molecule has 0 aliphatic carbocycles. The summed E-state index contributed by atoms with van der Waals surface area (Å²) in [6.45, 7) is 0. The Hall–Kier alpha value is -2.58. The molecule has 2 aromatic carbocycles. The fourth-order valence-electron chi connectivity index (χ4n) is 2.72. The molecular weight excluding hydrogens is 408 g/mol. The Morgan fingerprint density at radius 2 is 2.00 bits per heavy atom. The number of carbonyl (C=O) groups excluding carboxylic acids is 1. The van der Waals surface area contributed by atoms with Crippen LogP contribution in [0.15, 0.2) is 42.6 Å². The molecule has 1 N–H and O–H groups in total. The first kappa shape index (κ1) is 20.2. The normalized spacial score (nSPS) is 12.0. The minimum atomic E-state index is -1.10. The first-order valence-electron chi connectivity index (χ1n) is 8.13. The fourth-order valence-corrected chi connectivity index (χ4v) is 3.66. The standard InChI is InChI=1S/C19H16ClF2N3O2S/c1-25-9-15(18(24-25)14-5-3-12(21)8-17(14)22)19(26)23-13-4-6-16(20)11(7-13)10-28(2)27/h3-9H,10H2,1-2H3,(H,23,26). The van der Waals surface area contributed by atoms with Crippen LogP contribution in [0, 0.1) is 11.6 Å². The van der Waals surface area contributed by atoms with Crippen LogP contribution < -0.4 is 5.32 Å². The van der Waals surface area contributed by atoms with Crippen molar-refractivity contribution in [1.82, 2.24) is 9.78 Å². The third kappa shape index (κ3) is 4.45. The Morgan fingerprint density at radius 1 is 1.25 bits per heavy atom. The second-order valence-corrected chi connectivity index (χ2v) is 8.01. The summed E-state index contributed by atoms with van der Waals surface area (Å²) in [7, 11) is 0.499. The topological polar surface area (TPSA) is 64.0 Å². The quantitative estimate of drug-likeness (QED) is 0.670. The van der Waals surface area contributed by atoms with Gasteiger partial charge in [0, 0.05) is 58.4 Å². The smallest absolute Gasteiger partial charge is 0.259 e. The molecule has 3 aromatic rings. The summed E-state index contributed by atoms with van der Waals surface area (Å²) in [5, 5.41) is 7.29. The zero-order valence-electron chi connectivity index (χ0n) is 15.0. The molecule has 1 aromatic heterocycles. The van der Waals surface area contributed by atoms with Gasteiger partial charge in [-0.1, -0.05) is 11.6 Å². The van der Waals surface area contributed by atoms with Crippen molar-refractivity contribution in [1.29, 1.82) is 0 Å². The number of amides is 1. The lowest BCUT2D eigenvalue weighted by Crippen LogP contribution is -2.13. The number of halogens is 3. The lowest BCUT2D eigenvalue weighted by molar-refractivity contribution is 0.102. The van der Waals surface area contributed by atoms with E-state index in [0.29, 0.717) is 16.3 Å². The van der Waals surface area contributed by atoms with Crippen molar-refractivity contribution in [2.75, 3.05) is 11.6 Å². The fraction of sp³-hybridized carbons (Fsp3) is 0.158. The number of aromatic nitrogens is 2. The Morgan fingerprint density at radius 3 is 2.68 bits per heavy atom. The van der Waals surface area contributed by atoms with E-state index < -0.39 is 28.3 Å². The zero-order valence-corrected chi connectivity index (χ0v) is 16.6. The van der Waals surface area contributed by atoms with Gasteiger partial charge in [-0.25, -0.2) is 8.78 Å². The molecule has 0 aliphatic rings. The highest BCUT2D eigenvalue weighted by atomic mass is 35.5. The van der Waals surface area contributed by atoms with Crippen LogP contribution in [0.1, 0.15) is 15.9 Å². The summed E-state index contributed by atoms with van der Waals surface area (Å²) >= 11 is 6.10. The van der Waals surface area contributed by atoms with E-state index in [9.17, 15) is 17.8 Å². The molecule has 1 atom stereocenters. The van der Waals surface area contributed by atoms with Gasteiger partial charge in [-0.3, -0.25) is 13.7 Å². The predicted octanol–water partition coefficient (Wildman–Crippen LogP) is 4.15. The first-order chi connectivity index (χ1) is 13.2. The summed E-state index contributed by atoms with van der Waals surface area (Å²) in [6.07, 6.45) is 3.01. The van der Waals surface area contributed by atoms with Crippen LogP contribution in [0.4, 0.5) is 14.5 Å². The Balaban J connectivity index is 1.93. The summed E-state index contributed by atoms with van der Waals surface area (Å²) < 4.78 is 40.2. The van der Waals surface area contributed by atoms with Gasteiger partial charge in [0.2, 0.25) is 0 Å². The number of nitrogens with one attached hydrogen (secondary N) is 1. The lowest BCUT2D eigenvalue weighted by atomic mass is 10.1. The number of rotatable bonds is 5. The van der Waals surface area contributed by atoms with Crippen LogP contribution in [0.25, 0.3) is 11.3 Å². The molecule has 0 saturated heterocycles. The minimum absolute atomic E-state index is 0.0188. The predicted molar refractivity (Wildman–Crippen MR) is 106 cm³/mol. The van der Waals surface area contributed by atoms with Crippen LogP contribution in [0.2, 0.25) is 5.02 Å². The van der Waals surface area contributed by atoms with Gasteiger partial charge in [-0.05, 0) is 35.9 Å². The van der Waals surface area contributed by atoms with Gasteiger partial charge in [-0.2, -0.15) is 5.10 Å². The van der Waals surface area contributed by atoms with E-state index >= 15 is 0 Å². The molecule has 1 heterocycles. The average molecular weight is 424 g/mol. The zero-order chi connectivity index (χ0) is 20.4. The van der Waals surface area contributed by atoms with Crippen molar-refractivity contribution in [3.63, 3.8) is 0 Å². The van der Waals surface area contributed by atoms with Crippen molar-refractivity contribution >= 4 is 34.0 Å². The van der Waals surface area contributed by atoms with Gasteiger partial charge in [0.05, 0.1) is 5.56 Å². The van der Waals surface area contributed by atoms with Crippen LogP contribution >= 0.6 is 11.6 Å². The van der Waals surface area contributed by atoms with Crippen molar-refractivity contribution in [2.45, 2.75) is 5.75 Å². The molecule has 9 heteroatoms. The van der Waals surface area contributed by atoms with E-state index in [-0.39, 0.29) is 22.6 Å². The lowest BCUT2D eigenvalue weighted by Gasteiger charge is -2.09. The molecule has 0 saturated carbocycles. The number of aryl methyl sites for hydroxylation is 1. The molecule has 0 aliphatic heterocycles. The molecule has 1 unspecified atom stereocenters. The maximum atomic E-state index is 14.2. The second kappa shape index (κ2) is 8.20. The van der Waals surface area contributed by atoms with Crippen LogP contribution in [-0.4, -0.2) is 26.2 Å². The molecule has 0 spiro atoms. The third-order valence-corrected chi connectivity index (χ3v) is 5.01. The van der Waals surface area contributed by atoms with Crippen molar-refractivity contribution in [3.8, 4) is 11.3 Å². The highest BCUT2D eigenvalue weighted by molar-refractivity contribution is 7.83. The summed E-state index contributed by atoms with van der Waals surface area (Å²) in [5.41, 5.74) is 1.33. The number of anilines is 1. The first-order valence-corrected chi connectivity index (χ1v) is 10.2. The summed E-state index contributed by atoms with van der Waals surface area (Å²) in [6, 6.07) is 7.92. The van der Waals surface area contributed by atoms with Crippen LogP contribution in [0.5, 0.6) is 0 Å². The molecule has 3 rings (SSSR count). The van der Waals surface area contributed by atoms with E-state index in [1.54, 1.807) is 31.5 Å². The monoisotopic (exact) mass is 423 g/mol. The van der Waals surface area contributed by atoms with Crippen molar-refractivity contribution in [3.05, 3.63) is 70.4 Å². The van der Waals surface area contributed by atoms with E-state index in [1.165, 1.54) is 16.9 Å². The van der Waals surface area contributed by atoms with Crippen molar-refractivity contribution < 1.29 is 17.8 Å². The third-order valence-electron chi connectivity index (χ3n) is 3.92. The summed E-state index contributed by atoms with van der Waals surface area (Å²) in [4.78, 5) is 12.8. The van der Waals surface area contributed by atoms with Gasteiger partial charge >= 0.3 is 0 Å². The van der Waals surface area contributed by atoms with E-state index in [0.717, 1.165) is 12.1 Å². The SMILES string of the molecule is Cn1cc(C(=O)Nc2ccc(Cl)c(CS(C)=O)c2)c(-c2ccc(F)cc2F)n1. The molecule has 28 heavy (non-hydrogen) atoms. The molecule has 5 nitrogen and oxygen atoms in total. The highest BCUT2D eigenvalue weighted by Gasteiger charge is 2.20. The number of hydrogen-bond donors (Lipinski definition) is 1. The molecule has 0 radical (unpaired) electrons. The van der Waals surface area contributed by atoms with E-state index in [1.807, 2.05) is 0 Å². The van der Waals surface area contributed by atoms with E-state index in [4.69, 9.17) is 11.6 Å². The van der Waals surface area contributed by atoms with Crippen LogP contribution in [-0.2, 0) is 23.6 Å². The Kier molecular flexibility index (Phi) is 5.90. The van der Waals surface area contributed by atoms with Gasteiger partial charge in [0.25, 0.3) is 5.91 Å². The largest absolute Gasteiger partial charge is 0.322 e. The number of nitrogens with zero attached hydrogens (tertiary/aromatic N) is 2. The molecule has 0 fully saturated rings. The number of carbonyl (C=O) groups is 1. The van der Waals surface area contributed by atoms with Gasteiger partial charge in [0.1, 0.15) is 17.3 Å². The van der Waals surface area contributed by atoms with Gasteiger partial charge in [-0.15, -0.1) is 0 Å². The number of hydrogen-bond acceptors (Lipinski definition) is 3. The van der Waals surface area contributed by atoms with E-state index in [2.05, 4.69) is 10.4 Å². The highest BCUT2D eigenvalue weighted by Crippen LogP contribution is 2.27. The Bertz CT molecular complexity index is 1090. The molecular formula is C19H16ClF2N3O2S. The molecule has 1 amide bonds.